The van der Waals surface area contributed by atoms with Gasteiger partial charge in [-0.2, -0.15) is 0 Å². The van der Waals surface area contributed by atoms with Crippen LogP contribution in [0.3, 0.4) is 0 Å². The molecule has 1 heterocycles. The van der Waals surface area contributed by atoms with Crippen molar-refractivity contribution in [2.24, 2.45) is 5.14 Å². The number of para-hydroxylation sites is 2. The largest absolute Gasteiger partial charge is 0.321 e. The quantitative estimate of drug-likeness (QED) is 0.534. The third kappa shape index (κ3) is 3.65. The minimum Gasteiger partial charge on any atom is -0.321 e. The van der Waals surface area contributed by atoms with Crippen molar-refractivity contribution in [3.63, 3.8) is 0 Å². The molecule has 0 radical (unpaired) electrons. The minimum absolute atomic E-state index is 0.0427. The number of anilines is 1. The molecule has 0 fully saturated rings. The van der Waals surface area contributed by atoms with Gasteiger partial charge in [-0.25, -0.2) is 18.5 Å². The highest BCUT2D eigenvalue weighted by atomic mass is 32.2. The maximum Gasteiger partial charge on any atom is 0.255 e. The Morgan fingerprint density at radius 2 is 1.61 bits per heavy atom. The number of thiazole rings is 1. The van der Waals surface area contributed by atoms with Crippen LogP contribution in [0.25, 0.3) is 20.8 Å². The lowest BCUT2D eigenvalue weighted by Gasteiger charge is -2.09. The Balaban J connectivity index is 1.64. The maximum absolute atomic E-state index is 12.6. The summed E-state index contributed by atoms with van der Waals surface area (Å²) < 4.78 is 23.8. The maximum atomic E-state index is 12.6. The molecule has 3 aromatic carbocycles. The summed E-state index contributed by atoms with van der Waals surface area (Å²) in [4.78, 5) is 17.2. The SMILES string of the molecule is NS(=O)(=O)c1ccc(C(=O)Nc2ccccc2-c2nc3ccccc3s2)cc1. The van der Waals surface area contributed by atoms with Crippen LogP contribution in [0.5, 0.6) is 0 Å². The van der Waals surface area contributed by atoms with Gasteiger partial charge in [0.2, 0.25) is 10.0 Å². The predicted molar refractivity (Wildman–Crippen MR) is 111 cm³/mol. The molecular formula is C20H15N3O3S2. The molecule has 0 saturated heterocycles. The Morgan fingerprint density at radius 1 is 0.929 bits per heavy atom. The standard InChI is InChI=1S/C20H15N3O3S2/c21-28(25,26)14-11-9-13(10-12-14)19(24)22-16-6-2-1-5-15(16)20-23-17-7-3-4-8-18(17)27-20/h1-12H,(H,22,24)(H2,21,25,26). The Hall–Kier alpha value is -3.07. The van der Waals surface area contributed by atoms with Gasteiger partial charge < -0.3 is 5.32 Å². The van der Waals surface area contributed by atoms with E-state index in [9.17, 15) is 13.2 Å². The lowest BCUT2D eigenvalue weighted by Crippen LogP contribution is -2.14. The Labute approximate surface area is 165 Å². The topological polar surface area (TPSA) is 102 Å². The average Bonchev–Trinajstić information content (AvgIpc) is 3.12. The first-order valence-electron chi connectivity index (χ1n) is 8.31. The third-order valence-electron chi connectivity index (χ3n) is 4.14. The first-order valence-corrected chi connectivity index (χ1v) is 10.7. The average molecular weight is 409 g/mol. The Morgan fingerprint density at radius 3 is 2.32 bits per heavy atom. The number of aromatic nitrogens is 1. The molecule has 4 rings (SSSR count). The molecule has 0 bridgehead atoms. The lowest BCUT2D eigenvalue weighted by atomic mass is 10.1. The second kappa shape index (κ2) is 7.16. The van der Waals surface area contributed by atoms with Gasteiger partial charge in [-0.05, 0) is 48.5 Å². The van der Waals surface area contributed by atoms with E-state index in [0.717, 1.165) is 20.8 Å². The molecule has 3 N–H and O–H groups in total. The van der Waals surface area contributed by atoms with Crippen LogP contribution in [-0.2, 0) is 10.0 Å². The van der Waals surface area contributed by atoms with Crippen molar-refractivity contribution in [3.8, 4) is 10.6 Å². The van der Waals surface area contributed by atoms with Gasteiger partial charge in [-0.15, -0.1) is 11.3 Å². The molecule has 6 nitrogen and oxygen atoms in total. The number of nitrogens with one attached hydrogen (secondary N) is 1. The molecule has 4 aromatic rings. The second-order valence-corrected chi connectivity index (χ2v) is 8.65. The molecule has 0 saturated carbocycles. The fraction of sp³-hybridized carbons (Fsp3) is 0. The molecule has 140 valence electrons. The van der Waals surface area contributed by atoms with E-state index in [1.165, 1.54) is 24.3 Å². The summed E-state index contributed by atoms with van der Waals surface area (Å²) in [6, 6.07) is 20.7. The van der Waals surface area contributed by atoms with Gasteiger partial charge in [0.1, 0.15) is 5.01 Å². The number of nitrogens with zero attached hydrogens (tertiary/aromatic N) is 1. The molecular weight excluding hydrogens is 394 g/mol. The number of rotatable bonds is 4. The normalized spacial score (nSPS) is 11.5. The number of hydrogen-bond donors (Lipinski definition) is 2. The molecule has 0 unspecified atom stereocenters. The van der Waals surface area contributed by atoms with Gasteiger partial charge in [0, 0.05) is 11.1 Å². The predicted octanol–water partition coefficient (Wildman–Crippen LogP) is 3.86. The zero-order chi connectivity index (χ0) is 19.7. The monoisotopic (exact) mass is 409 g/mol. The van der Waals surface area contributed by atoms with Crippen molar-refractivity contribution < 1.29 is 13.2 Å². The van der Waals surface area contributed by atoms with Crippen LogP contribution in [0, 0.1) is 0 Å². The summed E-state index contributed by atoms with van der Waals surface area (Å²) in [5.74, 6) is -0.352. The van der Waals surface area contributed by atoms with Crippen molar-refractivity contribution >= 4 is 43.2 Å². The number of hydrogen-bond acceptors (Lipinski definition) is 5. The van der Waals surface area contributed by atoms with Gasteiger partial charge in [-0.3, -0.25) is 4.79 Å². The van der Waals surface area contributed by atoms with E-state index in [1.54, 1.807) is 17.4 Å². The molecule has 0 atom stereocenters. The number of fused-ring (bicyclic) bond motifs is 1. The highest BCUT2D eigenvalue weighted by Gasteiger charge is 2.14. The van der Waals surface area contributed by atoms with Gasteiger partial charge >= 0.3 is 0 Å². The summed E-state index contributed by atoms with van der Waals surface area (Å²) in [6.07, 6.45) is 0. The van der Waals surface area contributed by atoms with E-state index in [0.29, 0.717) is 11.3 Å². The van der Waals surface area contributed by atoms with Gasteiger partial charge in [0.05, 0.1) is 20.8 Å². The minimum atomic E-state index is -3.80. The number of nitrogens with two attached hydrogens (primary N) is 1. The molecule has 28 heavy (non-hydrogen) atoms. The van der Waals surface area contributed by atoms with Gasteiger partial charge in [-0.1, -0.05) is 24.3 Å². The van der Waals surface area contributed by atoms with Crippen LogP contribution >= 0.6 is 11.3 Å². The van der Waals surface area contributed by atoms with Crippen LogP contribution in [0.1, 0.15) is 10.4 Å². The smallest absolute Gasteiger partial charge is 0.255 e. The third-order valence-corrected chi connectivity index (χ3v) is 6.14. The van der Waals surface area contributed by atoms with Crippen molar-refractivity contribution in [2.45, 2.75) is 4.90 Å². The number of amides is 1. The molecule has 1 amide bonds. The van der Waals surface area contributed by atoms with Crippen LogP contribution in [0.15, 0.2) is 77.7 Å². The number of primary sulfonamides is 1. The second-order valence-electron chi connectivity index (χ2n) is 6.06. The molecule has 0 aliphatic heterocycles. The number of sulfonamides is 1. The lowest BCUT2D eigenvalue weighted by molar-refractivity contribution is 0.102. The van der Waals surface area contributed by atoms with E-state index < -0.39 is 10.0 Å². The van der Waals surface area contributed by atoms with Crippen molar-refractivity contribution in [1.29, 1.82) is 0 Å². The zero-order valence-corrected chi connectivity index (χ0v) is 16.1. The molecule has 0 aliphatic carbocycles. The van der Waals surface area contributed by atoms with Crippen LogP contribution in [0.4, 0.5) is 5.69 Å². The summed E-state index contributed by atoms with van der Waals surface area (Å²) in [5, 5.41) is 8.77. The van der Waals surface area contributed by atoms with Crippen LogP contribution in [-0.4, -0.2) is 19.3 Å². The number of carbonyl (C=O) groups is 1. The first-order chi connectivity index (χ1) is 13.4. The number of carbonyl (C=O) groups excluding carboxylic acids is 1. The van der Waals surface area contributed by atoms with Crippen LogP contribution in [0.2, 0.25) is 0 Å². The Kier molecular flexibility index (Phi) is 4.68. The van der Waals surface area contributed by atoms with Gasteiger partial charge in [0.15, 0.2) is 0 Å². The highest BCUT2D eigenvalue weighted by molar-refractivity contribution is 7.89. The molecule has 0 aliphatic rings. The van der Waals surface area contributed by atoms with Gasteiger partial charge in [0.25, 0.3) is 5.91 Å². The summed E-state index contributed by atoms with van der Waals surface area (Å²) in [7, 11) is -3.80. The van der Waals surface area contributed by atoms with E-state index in [4.69, 9.17) is 5.14 Å². The molecule has 0 spiro atoms. The summed E-state index contributed by atoms with van der Waals surface area (Å²) >= 11 is 1.55. The summed E-state index contributed by atoms with van der Waals surface area (Å²) in [5.41, 5.74) is 2.68. The molecule has 1 aromatic heterocycles. The number of benzene rings is 3. The molecule has 8 heteroatoms. The van der Waals surface area contributed by atoms with Crippen molar-refractivity contribution in [2.75, 3.05) is 5.32 Å². The highest BCUT2D eigenvalue weighted by Crippen LogP contribution is 2.34. The fourth-order valence-corrected chi connectivity index (χ4v) is 4.28. The van der Waals surface area contributed by atoms with Crippen LogP contribution < -0.4 is 10.5 Å². The van der Waals surface area contributed by atoms with E-state index in [1.807, 2.05) is 42.5 Å². The van der Waals surface area contributed by atoms with E-state index in [-0.39, 0.29) is 10.8 Å². The van der Waals surface area contributed by atoms with E-state index >= 15 is 0 Å². The first kappa shape index (κ1) is 18.3. The Bertz CT molecular complexity index is 1250. The van der Waals surface area contributed by atoms with Crippen molar-refractivity contribution in [1.82, 2.24) is 4.98 Å². The zero-order valence-electron chi connectivity index (χ0n) is 14.5. The fourth-order valence-electron chi connectivity index (χ4n) is 2.76. The van der Waals surface area contributed by atoms with E-state index in [2.05, 4.69) is 10.3 Å². The van der Waals surface area contributed by atoms with Crippen molar-refractivity contribution in [3.05, 3.63) is 78.4 Å². The summed E-state index contributed by atoms with van der Waals surface area (Å²) in [6.45, 7) is 0.